The van der Waals surface area contributed by atoms with Crippen molar-refractivity contribution >= 4 is 11.6 Å². The van der Waals surface area contributed by atoms with Gasteiger partial charge >= 0.3 is 0 Å². The zero-order chi connectivity index (χ0) is 20.9. The van der Waals surface area contributed by atoms with Gasteiger partial charge in [-0.25, -0.2) is 0 Å². The Balaban J connectivity index is 1.50. The number of aryl methyl sites for hydroxylation is 1. The van der Waals surface area contributed by atoms with E-state index in [0.29, 0.717) is 16.9 Å². The molecule has 0 unspecified atom stereocenters. The zero-order valence-electron chi connectivity index (χ0n) is 16.9. The predicted octanol–water partition coefficient (Wildman–Crippen LogP) is 2.63. The number of hydrogen-bond acceptors (Lipinski definition) is 5. The van der Waals surface area contributed by atoms with Crippen molar-refractivity contribution in [2.75, 3.05) is 31.6 Å². The number of carbonyl (C=O) groups excluding carboxylic acids is 1. The lowest BCUT2D eigenvalue weighted by atomic mass is 10.1. The van der Waals surface area contributed by atoms with Gasteiger partial charge in [0.05, 0.1) is 25.1 Å². The van der Waals surface area contributed by atoms with Crippen molar-refractivity contribution in [1.82, 2.24) is 14.5 Å². The van der Waals surface area contributed by atoms with Gasteiger partial charge in [-0.2, -0.15) is 0 Å². The summed E-state index contributed by atoms with van der Waals surface area (Å²) in [6.07, 6.45) is 4.89. The van der Waals surface area contributed by atoms with E-state index in [1.165, 1.54) is 10.1 Å². The van der Waals surface area contributed by atoms with Gasteiger partial charge in [-0.3, -0.25) is 24.0 Å². The highest BCUT2D eigenvalue weighted by Crippen LogP contribution is 2.14. The largest absolute Gasteiger partial charge is 0.379 e. The molecule has 0 atom stereocenters. The molecule has 0 aliphatic carbocycles. The van der Waals surface area contributed by atoms with Crippen molar-refractivity contribution in [2.24, 2.45) is 0 Å². The molecule has 154 valence electrons. The van der Waals surface area contributed by atoms with Gasteiger partial charge in [0.1, 0.15) is 5.56 Å². The third kappa shape index (κ3) is 4.48. The van der Waals surface area contributed by atoms with Gasteiger partial charge < -0.3 is 10.1 Å². The van der Waals surface area contributed by atoms with Crippen LogP contribution in [-0.2, 0) is 11.3 Å². The highest BCUT2D eigenvalue weighted by atomic mass is 16.5. The van der Waals surface area contributed by atoms with Crippen LogP contribution < -0.4 is 10.9 Å². The van der Waals surface area contributed by atoms with Gasteiger partial charge in [-0.1, -0.05) is 12.1 Å². The second kappa shape index (κ2) is 9.02. The first-order chi connectivity index (χ1) is 14.6. The molecule has 4 rings (SSSR count). The predicted molar refractivity (Wildman–Crippen MR) is 115 cm³/mol. The molecule has 7 heteroatoms. The van der Waals surface area contributed by atoms with Crippen LogP contribution in [0.15, 0.2) is 65.8 Å². The number of carbonyl (C=O) groups is 1. The summed E-state index contributed by atoms with van der Waals surface area (Å²) in [4.78, 5) is 32.2. The molecule has 0 bridgehead atoms. The van der Waals surface area contributed by atoms with Gasteiger partial charge in [0.2, 0.25) is 0 Å². The summed E-state index contributed by atoms with van der Waals surface area (Å²) in [6, 6.07) is 13.0. The molecule has 1 aromatic carbocycles. The summed E-state index contributed by atoms with van der Waals surface area (Å²) in [5.74, 6) is -0.420. The van der Waals surface area contributed by atoms with Crippen LogP contribution in [-0.4, -0.2) is 46.7 Å². The molecule has 2 aromatic heterocycles. The SMILES string of the molecule is Cc1ccn(-c2cccnc2)c(=O)c1C(=O)Nc1ccc(CN2CCOCC2)cc1. The smallest absolute Gasteiger partial charge is 0.268 e. The van der Waals surface area contributed by atoms with E-state index in [1.807, 2.05) is 24.3 Å². The minimum Gasteiger partial charge on any atom is -0.379 e. The second-order valence-corrected chi connectivity index (χ2v) is 7.30. The maximum atomic E-state index is 13.0. The molecule has 7 nitrogen and oxygen atoms in total. The van der Waals surface area contributed by atoms with Crippen LogP contribution in [0.2, 0.25) is 0 Å². The molecule has 0 saturated carbocycles. The normalized spacial score (nSPS) is 14.4. The summed E-state index contributed by atoms with van der Waals surface area (Å²) in [6.45, 7) is 5.99. The van der Waals surface area contributed by atoms with Crippen LogP contribution in [0.3, 0.4) is 0 Å². The van der Waals surface area contributed by atoms with E-state index < -0.39 is 5.91 Å². The van der Waals surface area contributed by atoms with Crippen LogP contribution in [0.5, 0.6) is 0 Å². The number of anilines is 1. The standard InChI is InChI=1S/C23H24N4O3/c1-17-8-10-27(20-3-2-9-24-15-20)23(29)21(17)22(28)25-19-6-4-18(5-7-19)16-26-11-13-30-14-12-26/h2-10,15H,11-14,16H2,1H3,(H,25,28). The summed E-state index contributed by atoms with van der Waals surface area (Å²) in [5.41, 5.74) is 2.82. The molecule has 3 aromatic rings. The van der Waals surface area contributed by atoms with Gasteiger partial charge in [-0.05, 0) is 48.4 Å². The third-order valence-corrected chi connectivity index (χ3v) is 5.17. The molecule has 1 aliphatic rings. The van der Waals surface area contributed by atoms with E-state index >= 15 is 0 Å². The van der Waals surface area contributed by atoms with Gasteiger partial charge in [-0.15, -0.1) is 0 Å². The van der Waals surface area contributed by atoms with Gasteiger partial charge in [0, 0.05) is 37.7 Å². The van der Waals surface area contributed by atoms with Gasteiger partial charge in [0.25, 0.3) is 11.5 Å². The maximum absolute atomic E-state index is 13.0. The minimum absolute atomic E-state index is 0.124. The number of rotatable bonds is 5. The third-order valence-electron chi connectivity index (χ3n) is 5.17. The number of pyridine rings is 2. The molecule has 1 fully saturated rings. The zero-order valence-corrected chi connectivity index (χ0v) is 16.9. The number of nitrogens with one attached hydrogen (secondary N) is 1. The Bertz CT molecular complexity index is 1070. The molecular formula is C23H24N4O3. The van der Waals surface area contributed by atoms with Crippen molar-refractivity contribution in [3.63, 3.8) is 0 Å². The van der Waals surface area contributed by atoms with E-state index in [0.717, 1.165) is 32.8 Å². The number of nitrogens with zero attached hydrogens (tertiary/aromatic N) is 3. The monoisotopic (exact) mass is 404 g/mol. The first kappa shape index (κ1) is 20.0. The molecule has 3 heterocycles. The quantitative estimate of drug-likeness (QED) is 0.708. The second-order valence-electron chi connectivity index (χ2n) is 7.30. The van der Waals surface area contributed by atoms with E-state index in [9.17, 15) is 9.59 Å². The highest BCUT2D eigenvalue weighted by molar-refractivity contribution is 6.05. The Kier molecular flexibility index (Phi) is 6.02. The topological polar surface area (TPSA) is 76.5 Å². The Morgan fingerprint density at radius 1 is 1.13 bits per heavy atom. The fourth-order valence-corrected chi connectivity index (χ4v) is 3.51. The number of morpholine rings is 1. The first-order valence-corrected chi connectivity index (χ1v) is 9.95. The molecule has 30 heavy (non-hydrogen) atoms. The average Bonchev–Trinajstić information content (AvgIpc) is 2.76. The fourth-order valence-electron chi connectivity index (χ4n) is 3.51. The van der Waals surface area contributed by atoms with Crippen molar-refractivity contribution < 1.29 is 9.53 Å². The molecular weight excluding hydrogens is 380 g/mol. The molecule has 1 saturated heterocycles. The lowest BCUT2D eigenvalue weighted by Gasteiger charge is -2.26. The number of benzene rings is 1. The van der Waals surface area contributed by atoms with Crippen molar-refractivity contribution in [3.05, 3.63) is 88.1 Å². The highest BCUT2D eigenvalue weighted by Gasteiger charge is 2.17. The van der Waals surface area contributed by atoms with Crippen LogP contribution in [0, 0.1) is 6.92 Å². The summed E-state index contributed by atoms with van der Waals surface area (Å²) < 4.78 is 6.81. The first-order valence-electron chi connectivity index (χ1n) is 9.95. The molecule has 1 N–H and O–H groups in total. The van der Waals surface area contributed by atoms with Crippen molar-refractivity contribution in [1.29, 1.82) is 0 Å². The number of aromatic nitrogens is 2. The number of hydrogen-bond donors (Lipinski definition) is 1. The van der Waals surface area contributed by atoms with E-state index in [1.54, 1.807) is 43.7 Å². The Labute approximate surface area is 174 Å². The summed E-state index contributed by atoms with van der Waals surface area (Å²) in [7, 11) is 0. The molecule has 0 radical (unpaired) electrons. The Hall–Kier alpha value is -3.29. The Morgan fingerprint density at radius 3 is 2.60 bits per heavy atom. The van der Waals surface area contributed by atoms with Crippen LogP contribution in [0.25, 0.3) is 5.69 Å². The molecule has 1 amide bonds. The van der Waals surface area contributed by atoms with Crippen molar-refractivity contribution in [2.45, 2.75) is 13.5 Å². The summed E-state index contributed by atoms with van der Waals surface area (Å²) >= 11 is 0. The maximum Gasteiger partial charge on any atom is 0.268 e. The lowest BCUT2D eigenvalue weighted by Crippen LogP contribution is -2.35. The average molecular weight is 404 g/mol. The van der Waals surface area contributed by atoms with Crippen LogP contribution >= 0.6 is 0 Å². The lowest BCUT2D eigenvalue weighted by molar-refractivity contribution is 0.0342. The summed E-state index contributed by atoms with van der Waals surface area (Å²) in [5, 5.41) is 2.85. The van der Waals surface area contributed by atoms with Crippen LogP contribution in [0.1, 0.15) is 21.5 Å². The van der Waals surface area contributed by atoms with Crippen molar-refractivity contribution in [3.8, 4) is 5.69 Å². The number of ether oxygens (including phenoxy) is 1. The fraction of sp³-hybridized carbons (Fsp3) is 0.261. The Morgan fingerprint density at radius 2 is 1.90 bits per heavy atom. The molecule has 0 spiro atoms. The van der Waals surface area contributed by atoms with Gasteiger partial charge in [0.15, 0.2) is 0 Å². The molecule has 1 aliphatic heterocycles. The minimum atomic E-state index is -0.420. The van der Waals surface area contributed by atoms with E-state index in [2.05, 4.69) is 15.2 Å². The van der Waals surface area contributed by atoms with E-state index in [4.69, 9.17) is 4.74 Å². The number of amides is 1. The van der Waals surface area contributed by atoms with Crippen LogP contribution in [0.4, 0.5) is 5.69 Å². The van der Waals surface area contributed by atoms with E-state index in [-0.39, 0.29) is 11.1 Å².